The van der Waals surface area contributed by atoms with Crippen molar-refractivity contribution in [2.24, 2.45) is 0 Å². The highest BCUT2D eigenvalue weighted by Gasteiger charge is 2.24. The van der Waals surface area contributed by atoms with Crippen LogP contribution in [-0.2, 0) is 11.2 Å². The van der Waals surface area contributed by atoms with Gasteiger partial charge >= 0.3 is 0 Å². The number of carbonyl (C=O) groups excluding carboxylic acids is 1. The van der Waals surface area contributed by atoms with Crippen molar-refractivity contribution >= 4 is 35.7 Å². The van der Waals surface area contributed by atoms with Crippen LogP contribution in [-0.4, -0.2) is 30.6 Å². The Morgan fingerprint density at radius 1 is 1.29 bits per heavy atom. The number of aromatic nitrogens is 1. The molecule has 0 aliphatic carbocycles. The largest absolute Gasteiger partial charge is 0.496 e. The third-order valence-electron chi connectivity index (χ3n) is 5.13. The maximum Gasteiger partial charge on any atom is 0.242 e. The number of hydrogen-bond donors (Lipinski definition) is 2. The van der Waals surface area contributed by atoms with E-state index in [-0.39, 0.29) is 30.2 Å². The van der Waals surface area contributed by atoms with Crippen molar-refractivity contribution in [2.75, 3.05) is 19.0 Å². The molecule has 1 amide bonds. The predicted molar refractivity (Wildman–Crippen MR) is 123 cm³/mol. The molecule has 0 radical (unpaired) electrons. The molecule has 1 aliphatic rings. The zero-order chi connectivity index (χ0) is 21.1. The van der Waals surface area contributed by atoms with Gasteiger partial charge in [-0.3, -0.25) is 4.79 Å². The summed E-state index contributed by atoms with van der Waals surface area (Å²) < 4.78 is 20.8. The molecule has 8 heteroatoms. The van der Waals surface area contributed by atoms with Crippen molar-refractivity contribution in [3.63, 3.8) is 0 Å². The molecule has 0 saturated carbocycles. The van der Waals surface area contributed by atoms with E-state index in [1.807, 2.05) is 6.07 Å². The topological polar surface area (TPSA) is 63.2 Å². The lowest BCUT2D eigenvalue weighted by Crippen LogP contribution is -2.50. The van der Waals surface area contributed by atoms with Crippen LogP contribution in [0.1, 0.15) is 17.5 Å². The molecule has 2 N–H and O–H groups in total. The minimum absolute atomic E-state index is 0. The lowest BCUT2D eigenvalue weighted by atomic mass is 9.97. The first-order chi connectivity index (χ1) is 14.5. The Balaban J connectivity index is 0.00000272. The van der Waals surface area contributed by atoms with Crippen LogP contribution in [0, 0.1) is 5.82 Å². The van der Waals surface area contributed by atoms with Crippen molar-refractivity contribution in [2.45, 2.75) is 18.9 Å². The number of carbonyl (C=O) groups is 1. The molecule has 162 valence electrons. The molecule has 0 unspecified atom stereocenters. The highest BCUT2D eigenvalue weighted by molar-refractivity contribution is 6.30. The monoisotopic (exact) mass is 461 g/mol. The molecule has 5 nitrogen and oxygen atoms in total. The standard InChI is InChI=1S/C23H21ClFN3O2.ClH/c1-30-19-7-6-16(22(25)21(19)15-3-2-4-17(24)12-15)11-14-5-8-20(27-13-14)28-23(29)18-9-10-26-18;/h2-8,12-13,18,26H,9-11H2,1H3,(H,27,28,29);1H/t18-;/m0./s1. The fourth-order valence-corrected chi connectivity index (χ4v) is 3.56. The normalized spacial score (nSPS) is 14.9. The lowest BCUT2D eigenvalue weighted by molar-refractivity contribution is -0.119. The maximum absolute atomic E-state index is 15.4. The molecule has 1 saturated heterocycles. The van der Waals surface area contributed by atoms with Gasteiger partial charge in [-0.25, -0.2) is 9.37 Å². The van der Waals surface area contributed by atoms with Gasteiger partial charge in [0.25, 0.3) is 0 Å². The minimum Gasteiger partial charge on any atom is -0.496 e. The van der Waals surface area contributed by atoms with Crippen molar-refractivity contribution < 1.29 is 13.9 Å². The van der Waals surface area contributed by atoms with Crippen LogP contribution >= 0.6 is 24.0 Å². The second-order valence-electron chi connectivity index (χ2n) is 7.14. The summed E-state index contributed by atoms with van der Waals surface area (Å²) in [5.74, 6) is 0.477. The molecule has 2 heterocycles. The van der Waals surface area contributed by atoms with Gasteiger partial charge in [-0.1, -0.05) is 35.9 Å². The van der Waals surface area contributed by atoms with Gasteiger partial charge in [0.2, 0.25) is 5.91 Å². The molecule has 1 aliphatic heterocycles. The molecular weight excluding hydrogens is 440 g/mol. The Hall–Kier alpha value is -2.67. The molecule has 0 bridgehead atoms. The first-order valence-electron chi connectivity index (χ1n) is 9.65. The predicted octanol–water partition coefficient (Wildman–Crippen LogP) is 4.86. The third kappa shape index (κ3) is 5.15. The van der Waals surface area contributed by atoms with Crippen molar-refractivity contribution in [1.29, 1.82) is 0 Å². The zero-order valence-electron chi connectivity index (χ0n) is 16.8. The number of rotatable bonds is 6. The molecule has 1 atom stereocenters. The Morgan fingerprint density at radius 2 is 2.10 bits per heavy atom. The van der Waals surface area contributed by atoms with Gasteiger partial charge < -0.3 is 15.4 Å². The first-order valence-corrected chi connectivity index (χ1v) is 10.0. The highest BCUT2D eigenvalue weighted by atomic mass is 35.5. The molecule has 1 aromatic heterocycles. The summed E-state index contributed by atoms with van der Waals surface area (Å²) in [7, 11) is 1.51. The van der Waals surface area contributed by atoms with Crippen LogP contribution in [0.4, 0.5) is 10.2 Å². The van der Waals surface area contributed by atoms with Crippen LogP contribution in [0.15, 0.2) is 54.7 Å². The smallest absolute Gasteiger partial charge is 0.242 e. The molecule has 3 aromatic rings. The fourth-order valence-electron chi connectivity index (χ4n) is 3.37. The first kappa shape index (κ1) is 23.0. The Bertz CT molecular complexity index is 1070. The van der Waals surface area contributed by atoms with Gasteiger partial charge in [-0.15, -0.1) is 12.4 Å². The van der Waals surface area contributed by atoms with Gasteiger partial charge in [0, 0.05) is 17.6 Å². The van der Waals surface area contributed by atoms with Crippen molar-refractivity contribution in [3.05, 3.63) is 76.7 Å². The van der Waals surface area contributed by atoms with Gasteiger partial charge in [0.15, 0.2) is 0 Å². The van der Waals surface area contributed by atoms with E-state index in [1.165, 1.54) is 7.11 Å². The summed E-state index contributed by atoms with van der Waals surface area (Å²) in [6, 6.07) is 13.9. The summed E-state index contributed by atoms with van der Waals surface area (Å²) >= 11 is 6.09. The number of hydrogen-bond acceptors (Lipinski definition) is 4. The number of methoxy groups -OCH3 is 1. The minimum atomic E-state index is -0.356. The zero-order valence-corrected chi connectivity index (χ0v) is 18.4. The number of amides is 1. The Labute approximate surface area is 191 Å². The highest BCUT2D eigenvalue weighted by Crippen LogP contribution is 2.36. The van der Waals surface area contributed by atoms with E-state index in [0.717, 1.165) is 18.5 Å². The second-order valence-corrected chi connectivity index (χ2v) is 7.58. The molecular formula is C23H22Cl2FN3O2. The van der Waals surface area contributed by atoms with Crippen LogP contribution in [0.5, 0.6) is 5.75 Å². The summed E-state index contributed by atoms with van der Waals surface area (Å²) in [6.07, 6.45) is 2.83. The summed E-state index contributed by atoms with van der Waals surface area (Å²) in [5.41, 5.74) is 2.38. The van der Waals surface area contributed by atoms with Crippen LogP contribution in [0.3, 0.4) is 0 Å². The van der Waals surface area contributed by atoms with E-state index in [0.29, 0.717) is 39.7 Å². The van der Waals surface area contributed by atoms with E-state index >= 15 is 4.39 Å². The SMILES string of the molecule is COc1ccc(Cc2ccc(NC(=O)[C@@H]3CCN3)nc2)c(F)c1-c1cccc(Cl)c1.Cl. The average Bonchev–Trinajstić information content (AvgIpc) is 2.69. The summed E-state index contributed by atoms with van der Waals surface area (Å²) in [5, 5.41) is 6.36. The van der Waals surface area contributed by atoms with Gasteiger partial charge in [-0.2, -0.15) is 0 Å². The average molecular weight is 462 g/mol. The number of pyridine rings is 1. The molecule has 4 rings (SSSR count). The van der Waals surface area contributed by atoms with E-state index in [1.54, 1.807) is 48.7 Å². The van der Waals surface area contributed by atoms with Crippen LogP contribution in [0.2, 0.25) is 5.02 Å². The van der Waals surface area contributed by atoms with E-state index < -0.39 is 0 Å². The summed E-state index contributed by atoms with van der Waals surface area (Å²) in [6.45, 7) is 0.856. The van der Waals surface area contributed by atoms with Crippen molar-refractivity contribution in [1.82, 2.24) is 10.3 Å². The number of halogens is 3. The Morgan fingerprint density at radius 3 is 2.71 bits per heavy atom. The number of ether oxygens (including phenoxy) is 1. The van der Waals surface area contributed by atoms with E-state index in [9.17, 15) is 4.79 Å². The number of nitrogens with zero attached hydrogens (tertiary/aromatic N) is 1. The fraction of sp³-hybridized carbons (Fsp3) is 0.217. The lowest BCUT2D eigenvalue weighted by Gasteiger charge is -2.25. The van der Waals surface area contributed by atoms with Crippen LogP contribution < -0.4 is 15.4 Å². The second kappa shape index (κ2) is 10.1. The van der Waals surface area contributed by atoms with Gasteiger partial charge in [-0.05, 0) is 53.9 Å². The number of benzene rings is 2. The molecule has 0 spiro atoms. The number of anilines is 1. The van der Waals surface area contributed by atoms with Crippen molar-refractivity contribution in [3.8, 4) is 16.9 Å². The van der Waals surface area contributed by atoms with E-state index in [4.69, 9.17) is 16.3 Å². The summed E-state index contributed by atoms with van der Waals surface area (Å²) in [4.78, 5) is 16.3. The van der Waals surface area contributed by atoms with Crippen LogP contribution in [0.25, 0.3) is 11.1 Å². The number of nitrogens with one attached hydrogen (secondary N) is 2. The quantitative estimate of drug-likeness (QED) is 0.549. The third-order valence-corrected chi connectivity index (χ3v) is 5.36. The van der Waals surface area contributed by atoms with Gasteiger partial charge in [0.1, 0.15) is 17.4 Å². The van der Waals surface area contributed by atoms with Gasteiger partial charge in [0.05, 0.1) is 18.7 Å². The maximum atomic E-state index is 15.4. The van der Waals surface area contributed by atoms with E-state index in [2.05, 4.69) is 15.6 Å². The molecule has 31 heavy (non-hydrogen) atoms. The molecule has 2 aromatic carbocycles. The molecule has 1 fully saturated rings. The Kier molecular flexibility index (Phi) is 7.49.